The van der Waals surface area contributed by atoms with Crippen molar-refractivity contribution in [2.45, 2.75) is 287 Å². The summed E-state index contributed by atoms with van der Waals surface area (Å²) in [6.07, 6.45) is -18.3. The monoisotopic (exact) mass is 1300 g/mol. The Kier molecular flexibility index (Phi) is 21.6. The topological polar surface area (TPSA) is 369 Å². The molecule has 9 aliphatic rings. The lowest BCUT2D eigenvalue weighted by Gasteiger charge is -2.71. The van der Waals surface area contributed by atoms with Crippen molar-refractivity contribution < 1.29 is 113 Å². The van der Waals surface area contributed by atoms with Gasteiger partial charge in [-0.15, -0.1) is 0 Å². The van der Waals surface area contributed by atoms with E-state index in [0.29, 0.717) is 57.9 Å². The number of carbonyl (C=O) groups excluding carboxylic acids is 3. The first-order chi connectivity index (χ1) is 43.4. The van der Waals surface area contributed by atoms with Gasteiger partial charge in [-0.2, -0.15) is 0 Å². The van der Waals surface area contributed by atoms with Crippen LogP contribution in [0.15, 0.2) is 35.9 Å². The van der Waals surface area contributed by atoms with Gasteiger partial charge < -0.3 is 109 Å². The lowest BCUT2D eigenvalue weighted by Crippen LogP contribution is -2.69. The van der Waals surface area contributed by atoms with Crippen LogP contribution in [-0.4, -0.2) is 224 Å². The molecular weight excluding hydrogens is 1200 g/mol. The molecular formula is C68H105NO23. The first-order valence-corrected chi connectivity index (χ1v) is 33.7. The fraction of sp³-hybridized carbons (Fsp3) is 0.838. The third-order valence-electron chi connectivity index (χ3n) is 24.3. The molecule has 1 aromatic rings. The molecule has 5 aliphatic carbocycles. The number of methoxy groups -OCH3 is 1. The maximum absolute atomic E-state index is 15.5. The number of rotatable bonds is 20. The molecule has 520 valence electrons. The van der Waals surface area contributed by atoms with Crippen molar-refractivity contribution in [3.63, 3.8) is 0 Å². The number of fused-ring (bicyclic) bond motifs is 7. The molecule has 11 unspecified atom stereocenters. The third-order valence-corrected chi connectivity index (χ3v) is 24.3. The van der Waals surface area contributed by atoms with E-state index >= 15 is 4.79 Å². The highest BCUT2D eigenvalue weighted by Crippen LogP contribution is 2.76. The van der Waals surface area contributed by atoms with E-state index < -0.39 is 174 Å². The first kappa shape index (κ1) is 71.4. The Balaban J connectivity index is 0.804. The molecule has 24 nitrogen and oxygen atoms in total. The molecule has 92 heavy (non-hydrogen) atoms. The number of ether oxygens (including phenoxy) is 9. The molecule has 8 fully saturated rings. The number of benzene rings is 1. The first-order valence-electron chi connectivity index (χ1n) is 33.7. The Bertz CT molecular complexity index is 2740. The predicted octanol–water partition coefficient (Wildman–Crippen LogP) is 2.52. The van der Waals surface area contributed by atoms with Gasteiger partial charge in [0.2, 0.25) is 6.29 Å². The zero-order chi connectivity index (χ0) is 66.8. The highest BCUT2D eigenvalue weighted by atomic mass is 16.8. The lowest BCUT2D eigenvalue weighted by molar-refractivity contribution is -0.373. The van der Waals surface area contributed by atoms with Gasteiger partial charge in [-0.05, 0) is 148 Å². The standard InChI is InChI=1S/C68H105NO23/c1-34-45(73)48(76)56(91-59-53(81)50(78)54(35(2)87-59)89-58-51(79)46(74)40(71)32-85-58)61(86-34)92-62(83)68-28-27-63(3,4)30-39(68)38-21-22-42-64(5)25-24-44(65(6,33-70)41(64)23-26-66(42,7)67(38,8)31-43(68)72)88-60-52(80)47(75)49(77)55(90-60)57(82)69-29-15-13-11-10-12-14-16-36-17-19-37(84-9)20-18-36/h17-21,33-35,39-56,58-61,71-81H,10-16,22-32H2,1-9H3,(H,69,82)/t34?,35?,39?,40-,41-,42?,43?,44+,45+,46+,47+,48+,49+,50-,51?,52?,53?,54+,55?,56?,58+,59+,60-,61+,64?,65-,66+,67-,68-/m1/s1. The third kappa shape index (κ3) is 12.9. The van der Waals surface area contributed by atoms with Crippen molar-refractivity contribution in [3.8, 4) is 5.75 Å². The number of nitrogens with one attached hydrogen (secondary N) is 1. The van der Waals surface area contributed by atoms with Crippen molar-refractivity contribution in [2.24, 2.45) is 50.2 Å². The highest BCUT2D eigenvalue weighted by Gasteiger charge is 2.73. The number of aryl methyl sites for hydroxylation is 1. The Morgan fingerprint density at radius 2 is 1.26 bits per heavy atom. The molecule has 10 rings (SSSR count). The quantitative estimate of drug-likeness (QED) is 0.0293. The summed E-state index contributed by atoms with van der Waals surface area (Å²) in [5, 5.41) is 126. The minimum atomic E-state index is -1.90. The van der Waals surface area contributed by atoms with Gasteiger partial charge in [0.05, 0.1) is 43.5 Å². The van der Waals surface area contributed by atoms with E-state index in [4.69, 9.17) is 42.6 Å². The van der Waals surface area contributed by atoms with Crippen molar-refractivity contribution in [1.29, 1.82) is 0 Å². The van der Waals surface area contributed by atoms with Crippen molar-refractivity contribution >= 4 is 18.2 Å². The smallest absolute Gasteiger partial charge is 0.317 e. The van der Waals surface area contributed by atoms with Crippen LogP contribution in [0.5, 0.6) is 5.75 Å². The number of esters is 1. The average molecular weight is 1300 g/mol. The summed E-state index contributed by atoms with van der Waals surface area (Å²) in [7, 11) is 1.65. The minimum Gasteiger partial charge on any atom is -0.497 e. The van der Waals surface area contributed by atoms with Crippen molar-refractivity contribution in [3.05, 3.63) is 41.5 Å². The number of hydrogen-bond donors (Lipinski definition) is 12. The normalized spacial score (nSPS) is 47.5. The second-order valence-corrected chi connectivity index (χ2v) is 30.3. The molecule has 0 aromatic heterocycles. The maximum atomic E-state index is 15.5. The van der Waals surface area contributed by atoms with Gasteiger partial charge >= 0.3 is 5.97 Å². The van der Waals surface area contributed by atoms with Crippen molar-refractivity contribution in [1.82, 2.24) is 5.32 Å². The maximum Gasteiger partial charge on any atom is 0.317 e. The SMILES string of the molecule is COc1ccc(CCCCCCCCNC(=O)C2O[C@@H](O[C@H]3CCC4(C)C5CC=C6C7CC(C)(C)CC[C@]7(C(=O)O[C@@H]7OC(C)[C@H](O)[C@H](O)C7O[C@@H]7OC(C)[C@H](O[C@@H]8OC[C@@H](O)[C@H](O)C8O)[C@H](O)C7O)C(O)C[C@@]6(C)[C@@]5(C)CC[C@H]4[C@@]3(C)C=O)C(O)[C@@H](O)[C@@H]2O)cc1. The summed E-state index contributed by atoms with van der Waals surface area (Å²) in [6, 6.07) is 8.10. The Hall–Kier alpha value is -3.35. The summed E-state index contributed by atoms with van der Waals surface area (Å²) < 4.78 is 53.6. The Labute approximate surface area is 539 Å². The summed E-state index contributed by atoms with van der Waals surface area (Å²) >= 11 is 0. The number of unbranched alkanes of at least 4 members (excludes halogenated alkanes) is 5. The summed E-state index contributed by atoms with van der Waals surface area (Å²) in [5.74, 6) is -1.43. The zero-order valence-corrected chi connectivity index (χ0v) is 54.9. The predicted molar refractivity (Wildman–Crippen MR) is 326 cm³/mol. The van der Waals surface area contributed by atoms with Crippen LogP contribution in [0.1, 0.15) is 157 Å². The number of allylic oxidation sites excluding steroid dienone is 2. The van der Waals surface area contributed by atoms with Crippen LogP contribution in [0, 0.1) is 50.2 Å². The van der Waals surface area contributed by atoms with Crippen LogP contribution in [0.4, 0.5) is 0 Å². The molecule has 12 N–H and O–H groups in total. The van der Waals surface area contributed by atoms with Crippen LogP contribution >= 0.6 is 0 Å². The average Bonchev–Trinajstić information content (AvgIpc) is 0.672. The van der Waals surface area contributed by atoms with E-state index in [1.807, 2.05) is 19.1 Å². The largest absolute Gasteiger partial charge is 0.497 e. The number of aldehydes is 1. The Morgan fingerprint density at radius 1 is 0.630 bits per heavy atom. The zero-order valence-electron chi connectivity index (χ0n) is 54.9. The van der Waals surface area contributed by atoms with E-state index in [9.17, 15) is 65.8 Å². The van der Waals surface area contributed by atoms with Crippen LogP contribution < -0.4 is 10.1 Å². The number of aliphatic hydroxyl groups excluding tert-OH is 11. The van der Waals surface area contributed by atoms with Gasteiger partial charge in [0, 0.05) is 6.54 Å². The van der Waals surface area contributed by atoms with Gasteiger partial charge in [-0.3, -0.25) is 9.59 Å². The van der Waals surface area contributed by atoms with Gasteiger partial charge in [0.1, 0.15) is 84.6 Å². The molecule has 4 aliphatic heterocycles. The molecule has 24 heteroatoms. The van der Waals surface area contributed by atoms with E-state index in [1.54, 1.807) is 7.11 Å². The van der Waals surface area contributed by atoms with Crippen molar-refractivity contribution in [2.75, 3.05) is 20.3 Å². The number of amides is 1. The van der Waals surface area contributed by atoms with Crippen LogP contribution in [0.3, 0.4) is 0 Å². The highest BCUT2D eigenvalue weighted by molar-refractivity contribution is 5.82. The molecule has 1 amide bonds. The van der Waals surface area contributed by atoms with Gasteiger partial charge in [-0.1, -0.05) is 91.0 Å². The molecule has 1 aromatic carbocycles. The molecule has 4 heterocycles. The fourth-order valence-corrected chi connectivity index (χ4v) is 18.4. The fourth-order valence-electron chi connectivity index (χ4n) is 18.4. The van der Waals surface area contributed by atoms with E-state index in [2.05, 4.69) is 58.1 Å². The number of carbonyl (C=O) groups is 3. The van der Waals surface area contributed by atoms with E-state index in [-0.39, 0.29) is 36.7 Å². The summed E-state index contributed by atoms with van der Waals surface area (Å²) in [6.45, 7) is 15.7. The lowest BCUT2D eigenvalue weighted by atomic mass is 9.33. The second-order valence-electron chi connectivity index (χ2n) is 30.3. The summed E-state index contributed by atoms with van der Waals surface area (Å²) in [4.78, 5) is 43.0. The van der Waals surface area contributed by atoms with E-state index in [1.165, 1.54) is 19.4 Å². The summed E-state index contributed by atoms with van der Waals surface area (Å²) in [5.41, 5.74) is -2.29. The van der Waals surface area contributed by atoms with Crippen LogP contribution in [0.25, 0.3) is 0 Å². The minimum absolute atomic E-state index is 0.0323. The number of hydrogen-bond acceptors (Lipinski definition) is 23. The molecule has 4 saturated heterocycles. The number of aliphatic hydroxyl groups is 11. The van der Waals surface area contributed by atoms with Crippen LogP contribution in [-0.2, 0) is 58.7 Å². The molecule has 29 atom stereocenters. The van der Waals surface area contributed by atoms with Crippen LogP contribution in [0.2, 0.25) is 0 Å². The molecule has 0 spiro atoms. The Morgan fingerprint density at radius 3 is 1.96 bits per heavy atom. The van der Waals surface area contributed by atoms with Gasteiger partial charge in [-0.25, -0.2) is 0 Å². The van der Waals surface area contributed by atoms with E-state index in [0.717, 1.165) is 56.1 Å². The van der Waals surface area contributed by atoms with Gasteiger partial charge in [0.15, 0.2) is 31.1 Å². The van der Waals surface area contributed by atoms with Gasteiger partial charge in [0.25, 0.3) is 5.91 Å². The molecule has 0 bridgehead atoms. The molecule has 4 saturated carbocycles. The molecule has 0 radical (unpaired) electrons. The second kappa shape index (κ2) is 27.9.